The van der Waals surface area contributed by atoms with Gasteiger partial charge in [-0.2, -0.15) is 0 Å². The molecule has 1 rings (SSSR count). The quantitative estimate of drug-likeness (QED) is 0.784. The third-order valence-corrected chi connectivity index (χ3v) is 1.95. The molecule has 2 N–H and O–H groups in total. The van der Waals surface area contributed by atoms with Gasteiger partial charge in [0.25, 0.3) is 0 Å². The van der Waals surface area contributed by atoms with E-state index < -0.39 is 5.97 Å². The first-order valence-electron chi connectivity index (χ1n) is 3.82. The maximum Gasteiger partial charge on any atom is 0.322 e. The van der Waals surface area contributed by atoms with Crippen LogP contribution in [-0.2, 0) is 4.79 Å². The highest BCUT2D eigenvalue weighted by Gasteiger charge is 2.03. The van der Waals surface area contributed by atoms with E-state index in [0.29, 0.717) is 10.7 Å². The smallest absolute Gasteiger partial charge is 0.322 e. The zero-order valence-electron chi connectivity index (χ0n) is 7.17. The molecule has 0 saturated heterocycles. The number of benzene rings is 1. The standard InChI is InChI=1S/C9H10ClNO2/c1-6-3-2-4-7(10)9(6)11-5-8(12)13/h2-4,11H,5H2,1H3,(H,12,13). The molecule has 0 atom stereocenters. The summed E-state index contributed by atoms with van der Waals surface area (Å²) in [5.41, 5.74) is 1.63. The van der Waals surface area contributed by atoms with Gasteiger partial charge in [0.1, 0.15) is 6.54 Å². The number of carboxylic acid groups (broad SMARTS) is 1. The summed E-state index contributed by atoms with van der Waals surface area (Å²) < 4.78 is 0. The second-order valence-electron chi connectivity index (χ2n) is 2.68. The number of aryl methyl sites for hydroxylation is 1. The number of aliphatic carboxylic acids is 1. The molecule has 4 heteroatoms. The van der Waals surface area contributed by atoms with Crippen LogP contribution in [0.3, 0.4) is 0 Å². The van der Waals surface area contributed by atoms with E-state index in [1.54, 1.807) is 6.07 Å². The molecule has 0 aliphatic rings. The van der Waals surface area contributed by atoms with Crippen molar-refractivity contribution < 1.29 is 9.90 Å². The molecule has 13 heavy (non-hydrogen) atoms. The Morgan fingerprint density at radius 3 is 2.85 bits per heavy atom. The average molecular weight is 200 g/mol. The Labute approximate surface area is 81.3 Å². The topological polar surface area (TPSA) is 49.3 Å². The van der Waals surface area contributed by atoms with Crippen molar-refractivity contribution in [3.8, 4) is 0 Å². The summed E-state index contributed by atoms with van der Waals surface area (Å²) in [6, 6.07) is 5.42. The number of hydrogen-bond donors (Lipinski definition) is 2. The predicted octanol–water partition coefficient (Wildman–Crippen LogP) is 2.14. The molecule has 0 spiro atoms. The summed E-state index contributed by atoms with van der Waals surface area (Å²) in [6.45, 7) is 1.75. The summed E-state index contributed by atoms with van der Waals surface area (Å²) in [6.07, 6.45) is 0. The van der Waals surface area contributed by atoms with E-state index in [9.17, 15) is 4.79 Å². The highest BCUT2D eigenvalue weighted by atomic mass is 35.5. The Balaban J connectivity index is 2.81. The van der Waals surface area contributed by atoms with Gasteiger partial charge in [-0.15, -0.1) is 0 Å². The lowest BCUT2D eigenvalue weighted by atomic mass is 10.2. The van der Waals surface area contributed by atoms with Crippen LogP contribution in [0.15, 0.2) is 18.2 Å². The lowest BCUT2D eigenvalue weighted by Crippen LogP contribution is -2.13. The Morgan fingerprint density at radius 1 is 1.62 bits per heavy atom. The molecule has 0 aromatic heterocycles. The van der Waals surface area contributed by atoms with Crippen LogP contribution in [0.1, 0.15) is 5.56 Å². The molecule has 70 valence electrons. The van der Waals surface area contributed by atoms with Gasteiger partial charge in [-0.05, 0) is 18.6 Å². The number of anilines is 1. The van der Waals surface area contributed by atoms with E-state index >= 15 is 0 Å². The fourth-order valence-corrected chi connectivity index (χ4v) is 1.31. The largest absolute Gasteiger partial charge is 0.480 e. The van der Waals surface area contributed by atoms with E-state index in [-0.39, 0.29) is 6.54 Å². The van der Waals surface area contributed by atoms with Gasteiger partial charge in [0.15, 0.2) is 0 Å². The molecule has 0 bridgehead atoms. The van der Waals surface area contributed by atoms with Crippen LogP contribution in [-0.4, -0.2) is 17.6 Å². The number of carbonyl (C=O) groups is 1. The van der Waals surface area contributed by atoms with Gasteiger partial charge in [-0.25, -0.2) is 0 Å². The van der Waals surface area contributed by atoms with E-state index in [1.165, 1.54) is 0 Å². The number of nitrogens with one attached hydrogen (secondary N) is 1. The Kier molecular flexibility index (Phi) is 3.14. The van der Waals surface area contributed by atoms with Crippen LogP contribution in [0.5, 0.6) is 0 Å². The highest BCUT2D eigenvalue weighted by Crippen LogP contribution is 2.24. The second-order valence-corrected chi connectivity index (χ2v) is 3.09. The van der Waals surface area contributed by atoms with Gasteiger partial charge >= 0.3 is 5.97 Å². The molecule has 0 fully saturated rings. The van der Waals surface area contributed by atoms with Crippen molar-refractivity contribution >= 4 is 23.3 Å². The fourth-order valence-electron chi connectivity index (χ4n) is 1.02. The van der Waals surface area contributed by atoms with E-state index in [2.05, 4.69) is 5.32 Å². The zero-order chi connectivity index (χ0) is 9.84. The third kappa shape index (κ3) is 2.63. The van der Waals surface area contributed by atoms with Gasteiger partial charge in [0.05, 0.1) is 10.7 Å². The summed E-state index contributed by atoms with van der Waals surface area (Å²) in [5.74, 6) is -0.903. The molecule has 3 nitrogen and oxygen atoms in total. The first-order chi connectivity index (χ1) is 6.11. The van der Waals surface area contributed by atoms with Crippen LogP contribution in [0, 0.1) is 6.92 Å². The summed E-state index contributed by atoms with van der Waals surface area (Å²) in [4.78, 5) is 10.3. The van der Waals surface area contributed by atoms with Crippen molar-refractivity contribution in [1.82, 2.24) is 0 Å². The number of halogens is 1. The fraction of sp³-hybridized carbons (Fsp3) is 0.222. The Morgan fingerprint density at radius 2 is 2.31 bits per heavy atom. The van der Waals surface area contributed by atoms with Gasteiger partial charge in [0, 0.05) is 0 Å². The summed E-state index contributed by atoms with van der Waals surface area (Å²) >= 11 is 5.86. The first kappa shape index (κ1) is 9.86. The van der Waals surface area contributed by atoms with Crippen molar-refractivity contribution in [2.24, 2.45) is 0 Å². The molecule has 0 aliphatic carbocycles. The van der Waals surface area contributed by atoms with Gasteiger partial charge < -0.3 is 10.4 Å². The van der Waals surface area contributed by atoms with Crippen molar-refractivity contribution in [2.45, 2.75) is 6.92 Å². The normalized spacial score (nSPS) is 9.69. The van der Waals surface area contributed by atoms with Gasteiger partial charge in [0.2, 0.25) is 0 Å². The SMILES string of the molecule is Cc1cccc(Cl)c1NCC(=O)O. The van der Waals surface area contributed by atoms with E-state index in [1.807, 2.05) is 19.1 Å². The highest BCUT2D eigenvalue weighted by molar-refractivity contribution is 6.33. The monoisotopic (exact) mass is 199 g/mol. The Bertz CT molecular complexity index is 305. The zero-order valence-corrected chi connectivity index (χ0v) is 7.93. The molecular weight excluding hydrogens is 190 g/mol. The number of hydrogen-bond acceptors (Lipinski definition) is 2. The van der Waals surface area contributed by atoms with Crippen molar-refractivity contribution in [2.75, 3.05) is 11.9 Å². The number of rotatable bonds is 3. The first-order valence-corrected chi connectivity index (χ1v) is 4.20. The lowest BCUT2D eigenvalue weighted by Gasteiger charge is -2.08. The molecule has 0 saturated carbocycles. The van der Waals surface area contributed by atoms with E-state index in [4.69, 9.17) is 16.7 Å². The van der Waals surface area contributed by atoms with Gasteiger partial charge in [-0.3, -0.25) is 4.79 Å². The summed E-state index contributed by atoms with van der Waals surface area (Å²) in [7, 11) is 0. The van der Waals surface area contributed by atoms with Crippen LogP contribution >= 0.6 is 11.6 Å². The Hall–Kier alpha value is -1.22. The minimum absolute atomic E-state index is 0.120. The van der Waals surface area contributed by atoms with Gasteiger partial charge in [-0.1, -0.05) is 23.7 Å². The van der Waals surface area contributed by atoms with Crippen molar-refractivity contribution in [3.05, 3.63) is 28.8 Å². The average Bonchev–Trinajstić information content (AvgIpc) is 2.03. The van der Waals surface area contributed by atoms with Crippen LogP contribution < -0.4 is 5.32 Å². The maximum atomic E-state index is 10.3. The molecule has 0 radical (unpaired) electrons. The molecule has 1 aromatic carbocycles. The van der Waals surface area contributed by atoms with Crippen LogP contribution in [0.4, 0.5) is 5.69 Å². The molecule has 1 aromatic rings. The molecule has 0 amide bonds. The third-order valence-electron chi connectivity index (χ3n) is 1.64. The van der Waals surface area contributed by atoms with Crippen LogP contribution in [0.25, 0.3) is 0 Å². The van der Waals surface area contributed by atoms with Crippen LogP contribution in [0.2, 0.25) is 5.02 Å². The lowest BCUT2D eigenvalue weighted by molar-refractivity contribution is -0.134. The number of carboxylic acids is 1. The number of para-hydroxylation sites is 1. The molecule has 0 heterocycles. The second kappa shape index (κ2) is 4.14. The maximum absolute atomic E-state index is 10.3. The van der Waals surface area contributed by atoms with Crippen molar-refractivity contribution in [3.63, 3.8) is 0 Å². The minimum Gasteiger partial charge on any atom is -0.480 e. The minimum atomic E-state index is -0.903. The predicted molar refractivity (Wildman–Crippen MR) is 52.3 cm³/mol. The molecular formula is C9H10ClNO2. The van der Waals surface area contributed by atoms with E-state index in [0.717, 1.165) is 5.56 Å². The van der Waals surface area contributed by atoms with Crippen molar-refractivity contribution in [1.29, 1.82) is 0 Å². The summed E-state index contributed by atoms with van der Waals surface area (Å²) in [5, 5.41) is 11.7. The molecule has 0 unspecified atom stereocenters. The molecule has 0 aliphatic heterocycles.